The molecule has 0 aliphatic carbocycles. The van der Waals surface area contributed by atoms with Gasteiger partial charge in [0.15, 0.2) is 5.82 Å². The van der Waals surface area contributed by atoms with Crippen molar-refractivity contribution in [3.05, 3.63) is 74.3 Å². The summed E-state index contributed by atoms with van der Waals surface area (Å²) in [7, 11) is 0. The molecule has 0 saturated carbocycles. The minimum atomic E-state index is -0.487. The van der Waals surface area contributed by atoms with Gasteiger partial charge in [0.2, 0.25) is 0 Å². The Morgan fingerprint density at radius 2 is 1.97 bits per heavy atom. The van der Waals surface area contributed by atoms with Crippen molar-refractivity contribution in [2.24, 2.45) is 0 Å². The van der Waals surface area contributed by atoms with Crippen LogP contribution in [0.5, 0.6) is 0 Å². The highest BCUT2D eigenvalue weighted by atomic mass is 35.5. The Balaban J connectivity index is 1.63. The number of nitro groups is 1. The van der Waals surface area contributed by atoms with Crippen LogP contribution < -0.4 is 5.32 Å². The molecule has 172 valence electrons. The molecule has 3 heterocycles. The van der Waals surface area contributed by atoms with Crippen molar-refractivity contribution in [2.45, 2.75) is 19.5 Å². The molecule has 3 aromatic rings. The van der Waals surface area contributed by atoms with E-state index in [1.807, 2.05) is 19.2 Å². The van der Waals surface area contributed by atoms with Gasteiger partial charge in [-0.1, -0.05) is 23.2 Å². The number of nitrogens with one attached hydrogen (secondary N) is 1. The number of morpholine rings is 1. The fourth-order valence-corrected chi connectivity index (χ4v) is 4.02. The summed E-state index contributed by atoms with van der Waals surface area (Å²) in [6.45, 7) is 5.62. The fraction of sp³-hybridized carbons (Fsp3) is 0.318. The Hall–Kier alpha value is -2.85. The van der Waals surface area contributed by atoms with Gasteiger partial charge in [-0.3, -0.25) is 15.0 Å². The largest absolute Gasteiger partial charge is 0.379 e. The normalized spacial score (nSPS) is 15.2. The lowest BCUT2D eigenvalue weighted by Gasteiger charge is -2.27. The monoisotopic (exact) mass is 488 g/mol. The molecule has 1 fully saturated rings. The molecule has 9 nitrogen and oxygen atoms in total. The molecule has 11 heteroatoms. The van der Waals surface area contributed by atoms with E-state index in [0.717, 1.165) is 29.9 Å². The lowest BCUT2D eigenvalue weighted by atomic mass is 10.1. The van der Waals surface area contributed by atoms with Gasteiger partial charge in [-0.2, -0.15) is 0 Å². The summed E-state index contributed by atoms with van der Waals surface area (Å²) < 4.78 is 5.45. The number of anilines is 1. The van der Waals surface area contributed by atoms with Gasteiger partial charge in [-0.15, -0.1) is 0 Å². The second kappa shape index (κ2) is 10.4. The van der Waals surface area contributed by atoms with Crippen molar-refractivity contribution in [1.82, 2.24) is 19.9 Å². The third-order valence-corrected chi connectivity index (χ3v) is 5.83. The number of rotatable bonds is 7. The number of hydrogen-bond donors (Lipinski definition) is 1. The maximum absolute atomic E-state index is 10.8. The summed E-state index contributed by atoms with van der Waals surface area (Å²) in [6.07, 6.45) is 3.03. The predicted molar refractivity (Wildman–Crippen MR) is 127 cm³/mol. The van der Waals surface area contributed by atoms with Crippen LogP contribution in [0.4, 0.5) is 11.5 Å². The zero-order valence-corrected chi connectivity index (χ0v) is 19.4. The maximum atomic E-state index is 10.8. The van der Waals surface area contributed by atoms with Crippen LogP contribution in [0.25, 0.3) is 11.3 Å². The quantitative estimate of drug-likeness (QED) is 0.374. The van der Waals surface area contributed by atoms with Gasteiger partial charge in [0.05, 0.1) is 34.9 Å². The summed E-state index contributed by atoms with van der Waals surface area (Å²) in [6, 6.07) is 7.98. The number of aromatic nitrogens is 3. The molecule has 0 radical (unpaired) electrons. The molecule has 1 saturated heterocycles. The molecule has 0 bridgehead atoms. The van der Waals surface area contributed by atoms with Gasteiger partial charge >= 0.3 is 0 Å². The van der Waals surface area contributed by atoms with E-state index in [9.17, 15) is 10.1 Å². The minimum Gasteiger partial charge on any atom is -0.379 e. The maximum Gasteiger partial charge on any atom is 0.287 e. The average Bonchev–Trinajstić information content (AvgIpc) is 2.80. The molecule has 33 heavy (non-hydrogen) atoms. The highest BCUT2D eigenvalue weighted by Gasteiger charge is 2.20. The SMILES string of the molecule is CC(Nc1ccc([N+](=O)[O-])cn1)c1ncc(CN2CCOCC2)c(-c2ccc(Cl)cc2Cl)n1. The number of halogens is 2. The second-order valence-corrected chi connectivity index (χ2v) is 8.48. The molecular weight excluding hydrogens is 467 g/mol. The van der Waals surface area contributed by atoms with Crippen LogP contribution in [0.3, 0.4) is 0 Å². The van der Waals surface area contributed by atoms with Crippen molar-refractivity contribution in [1.29, 1.82) is 0 Å². The standard InChI is InChI=1S/C22H22Cl2N6O3/c1-14(27-20-5-3-17(12-25-20)30(31)32)22-26-11-15(13-29-6-8-33-9-7-29)21(28-22)18-4-2-16(23)10-19(18)24/h2-5,10-12,14H,6-9,13H2,1H3,(H,25,27). The molecule has 0 spiro atoms. The summed E-state index contributed by atoms with van der Waals surface area (Å²) in [5.74, 6) is 1.03. The number of benzene rings is 1. The van der Waals surface area contributed by atoms with Crippen LogP contribution in [-0.2, 0) is 11.3 Å². The van der Waals surface area contributed by atoms with E-state index in [4.69, 9.17) is 32.9 Å². The average molecular weight is 489 g/mol. The Bertz CT molecular complexity index is 1140. The number of nitrogens with zero attached hydrogens (tertiary/aromatic N) is 5. The van der Waals surface area contributed by atoms with Gasteiger partial charge < -0.3 is 10.1 Å². The van der Waals surface area contributed by atoms with E-state index in [-0.39, 0.29) is 11.7 Å². The highest BCUT2D eigenvalue weighted by Crippen LogP contribution is 2.32. The fourth-order valence-electron chi connectivity index (χ4n) is 3.53. The summed E-state index contributed by atoms with van der Waals surface area (Å²) in [5, 5.41) is 15.1. The van der Waals surface area contributed by atoms with E-state index in [0.29, 0.717) is 41.4 Å². The van der Waals surface area contributed by atoms with Crippen molar-refractivity contribution in [3.8, 4) is 11.3 Å². The predicted octanol–water partition coefficient (Wildman–Crippen LogP) is 4.76. The third kappa shape index (κ3) is 5.75. The van der Waals surface area contributed by atoms with Gasteiger partial charge in [-0.05, 0) is 31.2 Å². The first kappa shape index (κ1) is 23.3. The Morgan fingerprint density at radius 1 is 1.18 bits per heavy atom. The first-order valence-corrected chi connectivity index (χ1v) is 11.1. The molecule has 1 aliphatic heterocycles. The van der Waals surface area contributed by atoms with Crippen molar-refractivity contribution < 1.29 is 9.66 Å². The van der Waals surface area contributed by atoms with E-state index in [2.05, 4.69) is 20.2 Å². The lowest BCUT2D eigenvalue weighted by Crippen LogP contribution is -2.35. The number of pyridine rings is 1. The molecule has 2 aromatic heterocycles. The smallest absolute Gasteiger partial charge is 0.287 e. The second-order valence-electron chi connectivity index (χ2n) is 7.64. The molecule has 1 aliphatic rings. The Morgan fingerprint density at radius 3 is 2.64 bits per heavy atom. The van der Waals surface area contributed by atoms with Crippen LogP contribution in [0.2, 0.25) is 10.0 Å². The molecule has 1 atom stereocenters. The lowest BCUT2D eigenvalue weighted by molar-refractivity contribution is -0.385. The first-order valence-electron chi connectivity index (χ1n) is 10.4. The van der Waals surface area contributed by atoms with Crippen LogP contribution in [0, 0.1) is 10.1 Å². The summed E-state index contributed by atoms with van der Waals surface area (Å²) in [4.78, 5) is 26.2. The highest BCUT2D eigenvalue weighted by molar-refractivity contribution is 6.36. The Labute approximate surface area is 200 Å². The van der Waals surface area contributed by atoms with Crippen LogP contribution in [-0.4, -0.2) is 51.1 Å². The molecule has 1 aromatic carbocycles. The van der Waals surface area contributed by atoms with Crippen molar-refractivity contribution in [2.75, 3.05) is 31.6 Å². The van der Waals surface area contributed by atoms with Gasteiger partial charge in [0, 0.05) is 48.0 Å². The molecule has 1 N–H and O–H groups in total. The molecule has 0 amide bonds. The zero-order chi connectivity index (χ0) is 23.4. The van der Waals surface area contributed by atoms with Crippen molar-refractivity contribution in [3.63, 3.8) is 0 Å². The third-order valence-electron chi connectivity index (χ3n) is 5.28. The summed E-state index contributed by atoms with van der Waals surface area (Å²) in [5.41, 5.74) is 2.38. The van der Waals surface area contributed by atoms with Gasteiger partial charge in [0.25, 0.3) is 5.69 Å². The first-order chi connectivity index (χ1) is 15.9. The van der Waals surface area contributed by atoms with Gasteiger partial charge in [-0.25, -0.2) is 15.0 Å². The van der Waals surface area contributed by atoms with Crippen LogP contribution >= 0.6 is 23.2 Å². The van der Waals surface area contributed by atoms with E-state index >= 15 is 0 Å². The molecule has 4 rings (SSSR count). The molecule has 1 unspecified atom stereocenters. The summed E-state index contributed by atoms with van der Waals surface area (Å²) >= 11 is 12.6. The minimum absolute atomic E-state index is 0.0726. The zero-order valence-electron chi connectivity index (χ0n) is 17.9. The van der Waals surface area contributed by atoms with Crippen LogP contribution in [0.15, 0.2) is 42.7 Å². The van der Waals surface area contributed by atoms with Crippen LogP contribution in [0.1, 0.15) is 24.4 Å². The van der Waals surface area contributed by atoms with E-state index in [1.54, 1.807) is 18.2 Å². The van der Waals surface area contributed by atoms with Gasteiger partial charge in [0.1, 0.15) is 12.0 Å². The van der Waals surface area contributed by atoms with E-state index in [1.165, 1.54) is 12.3 Å². The van der Waals surface area contributed by atoms with E-state index < -0.39 is 4.92 Å². The number of hydrogen-bond acceptors (Lipinski definition) is 8. The number of ether oxygens (including phenoxy) is 1. The van der Waals surface area contributed by atoms with Crippen molar-refractivity contribution >= 4 is 34.7 Å². The molecular formula is C22H22Cl2N6O3. The Kier molecular flexibility index (Phi) is 7.34. The topological polar surface area (TPSA) is 106 Å².